The third-order valence-corrected chi connectivity index (χ3v) is 7.73. The molecule has 5 heterocycles. The molecule has 0 spiro atoms. The van der Waals surface area contributed by atoms with Crippen molar-refractivity contribution in [2.24, 2.45) is 7.05 Å². The zero-order valence-electron chi connectivity index (χ0n) is 21.2. The number of fused-ring (bicyclic) bond motifs is 1. The normalized spacial score (nSPS) is 20.2. The zero-order valence-corrected chi connectivity index (χ0v) is 21.2. The van der Waals surface area contributed by atoms with Gasteiger partial charge in [0.15, 0.2) is 5.65 Å². The summed E-state index contributed by atoms with van der Waals surface area (Å²) in [5, 5.41) is 7.97. The van der Waals surface area contributed by atoms with Gasteiger partial charge in [0.25, 0.3) is 11.5 Å². The third kappa shape index (κ3) is 4.31. The van der Waals surface area contributed by atoms with Gasteiger partial charge in [-0.1, -0.05) is 18.2 Å². The summed E-state index contributed by atoms with van der Waals surface area (Å²) in [5.41, 5.74) is 2.06. The van der Waals surface area contributed by atoms with Gasteiger partial charge in [-0.2, -0.15) is 0 Å². The fourth-order valence-corrected chi connectivity index (χ4v) is 5.78. The number of para-hydroxylation sites is 1. The van der Waals surface area contributed by atoms with E-state index < -0.39 is 0 Å². The maximum absolute atomic E-state index is 13.5. The van der Waals surface area contributed by atoms with E-state index in [4.69, 9.17) is 5.10 Å². The lowest BCUT2D eigenvalue weighted by Crippen LogP contribution is -2.40. The van der Waals surface area contributed by atoms with Crippen LogP contribution >= 0.6 is 0 Å². The molecule has 2 saturated heterocycles. The Kier molecular flexibility index (Phi) is 6.03. The van der Waals surface area contributed by atoms with E-state index in [-0.39, 0.29) is 29.1 Å². The van der Waals surface area contributed by atoms with Gasteiger partial charge in [0.2, 0.25) is 0 Å². The quantitative estimate of drug-likeness (QED) is 0.435. The highest BCUT2D eigenvalue weighted by Crippen LogP contribution is 2.26. The Morgan fingerprint density at radius 3 is 2.68 bits per heavy atom. The lowest BCUT2D eigenvalue weighted by Gasteiger charge is -2.29. The lowest BCUT2D eigenvalue weighted by molar-refractivity contribution is 0.0937. The van der Waals surface area contributed by atoms with Crippen LogP contribution in [0.25, 0.3) is 11.3 Å². The highest BCUT2D eigenvalue weighted by atomic mass is 16.2. The van der Waals surface area contributed by atoms with Crippen molar-refractivity contribution in [1.82, 2.24) is 34.2 Å². The van der Waals surface area contributed by atoms with Crippen LogP contribution in [0.15, 0.2) is 59.7 Å². The van der Waals surface area contributed by atoms with Crippen LogP contribution < -0.4 is 15.8 Å². The van der Waals surface area contributed by atoms with Crippen molar-refractivity contribution in [2.75, 3.05) is 31.1 Å². The van der Waals surface area contributed by atoms with Crippen molar-refractivity contribution in [2.45, 2.75) is 38.3 Å². The summed E-state index contributed by atoms with van der Waals surface area (Å²) in [4.78, 5) is 35.9. The molecule has 0 aliphatic carbocycles. The molecule has 2 aliphatic heterocycles. The SMILES string of the molecule is Cc1c(C(=O)N[C@H]2C[C@H](CN3CCCC3)N(c3ccc4nccn4n3)C2)c(=O)n(-c2ccccc2)n1C. The topological polar surface area (TPSA) is 92.7 Å². The molecule has 0 bridgehead atoms. The van der Waals surface area contributed by atoms with Gasteiger partial charge in [0, 0.05) is 44.6 Å². The smallest absolute Gasteiger partial charge is 0.284 e. The number of carbonyl (C=O) groups is 1. The highest BCUT2D eigenvalue weighted by Gasteiger charge is 2.36. The second kappa shape index (κ2) is 9.51. The molecule has 2 aliphatic rings. The van der Waals surface area contributed by atoms with Gasteiger partial charge in [-0.25, -0.2) is 14.2 Å². The van der Waals surface area contributed by atoms with E-state index in [0.717, 1.165) is 43.2 Å². The lowest BCUT2D eigenvalue weighted by atomic mass is 10.1. The second-order valence-electron chi connectivity index (χ2n) is 10.1. The summed E-state index contributed by atoms with van der Waals surface area (Å²) < 4.78 is 5.08. The molecule has 1 amide bonds. The molecule has 3 aromatic heterocycles. The molecule has 37 heavy (non-hydrogen) atoms. The highest BCUT2D eigenvalue weighted by molar-refractivity contribution is 5.95. The number of carbonyl (C=O) groups excluding carboxylic acids is 1. The number of imidazole rings is 1. The first-order valence-electron chi connectivity index (χ1n) is 12.9. The molecular weight excluding hydrogens is 468 g/mol. The predicted molar refractivity (Wildman–Crippen MR) is 141 cm³/mol. The fourth-order valence-electron chi connectivity index (χ4n) is 5.78. The molecule has 2 fully saturated rings. The average molecular weight is 501 g/mol. The first kappa shape index (κ1) is 23.5. The molecule has 1 aromatic carbocycles. The molecule has 0 radical (unpaired) electrons. The van der Waals surface area contributed by atoms with Gasteiger partial charge >= 0.3 is 0 Å². The van der Waals surface area contributed by atoms with E-state index in [2.05, 4.69) is 20.1 Å². The maximum Gasteiger partial charge on any atom is 0.284 e. The predicted octanol–water partition coefficient (Wildman–Crippen LogP) is 2.00. The standard InChI is InChI=1S/C27H32N8O2/c1-19-25(27(37)35(31(19)2)21-8-4-3-5-9-21)26(36)29-20-16-22(18-32-13-6-7-14-32)33(17-20)24-11-10-23-28-12-15-34(23)30-24/h3-5,8-12,15,20,22H,6-7,13-14,16-18H2,1-2H3,(H,29,36)/t20-,22+/m0/s1. The average Bonchev–Trinajstić information content (AvgIpc) is 3.68. The number of anilines is 1. The van der Waals surface area contributed by atoms with Crippen LogP contribution in [0.2, 0.25) is 0 Å². The van der Waals surface area contributed by atoms with Crippen molar-refractivity contribution < 1.29 is 4.79 Å². The Hall–Kier alpha value is -3.92. The summed E-state index contributed by atoms with van der Waals surface area (Å²) in [6, 6.07) is 13.5. The molecule has 192 valence electrons. The van der Waals surface area contributed by atoms with E-state index in [1.165, 1.54) is 12.8 Å². The fraction of sp³-hybridized carbons (Fsp3) is 0.407. The molecule has 2 atom stereocenters. The number of amides is 1. The molecule has 6 rings (SSSR count). The van der Waals surface area contributed by atoms with E-state index in [1.807, 2.05) is 62.6 Å². The molecule has 0 unspecified atom stereocenters. The molecule has 0 saturated carbocycles. The number of hydrogen-bond donors (Lipinski definition) is 1. The van der Waals surface area contributed by atoms with Gasteiger partial charge < -0.3 is 15.1 Å². The van der Waals surface area contributed by atoms with Gasteiger partial charge in [-0.15, -0.1) is 5.10 Å². The number of hydrogen-bond acceptors (Lipinski definition) is 6. The number of benzene rings is 1. The van der Waals surface area contributed by atoms with E-state index in [9.17, 15) is 9.59 Å². The van der Waals surface area contributed by atoms with Crippen LogP contribution in [-0.4, -0.2) is 73.0 Å². The van der Waals surface area contributed by atoms with Crippen molar-refractivity contribution in [3.63, 3.8) is 0 Å². The van der Waals surface area contributed by atoms with Crippen LogP contribution in [0.3, 0.4) is 0 Å². The number of rotatable bonds is 6. The van der Waals surface area contributed by atoms with Crippen molar-refractivity contribution in [3.8, 4) is 5.69 Å². The number of nitrogens with zero attached hydrogens (tertiary/aromatic N) is 7. The van der Waals surface area contributed by atoms with Crippen LogP contribution in [0.1, 0.15) is 35.3 Å². The Bertz CT molecular complexity index is 1480. The summed E-state index contributed by atoms with van der Waals surface area (Å²) in [5.74, 6) is 0.548. The van der Waals surface area contributed by atoms with Crippen molar-refractivity contribution in [1.29, 1.82) is 0 Å². The third-order valence-electron chi connectivity index (χ3n) is 7.73. The summed E-state index contributed by atoms with van der Waals surface area (Å²) in [7, 11) is 1.81. The largest absolute Gasteiger partial charge is 0.349 e. The van der Waals surface area contributed by atoms with Crippen molar-refractivity contribution in [3.05, 3.63) is 76.5 Å². The molecule has 4 aromatic rings. The zero-order chi connectivity index (χ0) is 25.5. The Labute approximate surface area is 215 Å². The Morgan fingerprint density at radius 1 is 1.11 bits per heavy atom. The van der Waals surface area contributed by atoms with Gasteiger partial charge in [0.05, 0.1) is 11.4 Å². The minimum Gasteiger partial charge on any atom is -0.349 e. The Morgan fingerprint density at radius 2 is 1.89 bits per heavy atom. The van der Waals surface area contributed by atoms with Crippen LogP contribution in [-0.2, 0) is 7.05 Å². The van der Waals surface area contributed by atoms with Gasteiger partial charge in [-0.05, 0) is 63.5 Å². The first-order chi connectivity index (χ1) is 18.0. The summed E-state index contributed by atoms with van der Waals surface area (Å²) >= 11 is 0. The number of aromatic nitrogens is 5. The van der Waals surface area contributed by atoms with E-state index in [1.54, 1.807) is 20.1 Å². The monoisotopic (exact) mass is 500 g/mol. The summed E-state index contributed by atoms with van der Waals surface area (Å²) in [6.45, 7) is 5.60. The van der Waals surface area contributed by atoms with Crippen LogP contribution in [0, 0.1) is 6.92 Å². The minimum atomic E-state index is -0.322. The summed E-state index contributed by atoms with van der Waals surface area (Å²) in [6.07, 6.45) is 6.84. The van der Waals surface area contributed by atoms with E-state index >= 15 is 0 Å². The maximum atomic E-state index is 13.5. The first-order valence-corrected chi connectivity index (χ1v) is 12.9. The minimum absolute atomic E-state index is 0.0930. The molecule has 10 nitrogen and oxygen atoms in total. The number of nitrogens with one attached hydrogen (secondary N) is 1. The number of likely N-dealkylation sites (tertiary alicyclic amines) is 1. The van der Waals surface area contributed by atoms with E-state index in [0.29, 0.717) is 12.2 Å². The Balaban J connectivity index is 1.26. The van der Waals surface area contributed by atoms with Gasteiger partial charge in [0.1, 0.15) is 11.4 Å². The van der Waals surface area contributed by atoms with Crippen molar-refractivity contribution >= 4 is 17.4 Å². The molecular formula is C27H32N8O2. The molecule has 10 heteroatoms. The van der Waals surface area contributed by atoms with Crippen LogP contribution in [0.5, 0.6) is 0 Å². The van der Waals surface area contributed by atoms with Crippen LogP contribution in [0.4, 0.5) is 5.82 Å². The second-order valence-corrected chi connectivity index (χ2v) is 10.1. The van der Waals surface area contributed by atoms with Gasteiger partial charge in [-0.3, -0.25) is 14.3 Å². The molecule has 1 N–H and O–H groups in total.